The summed E-state index contributed by atoms with van der Waals surface area (Å²) in [5.74, 6) is 0.599. The molecule has 1 rings (SSSR count). The minimum absolute atomic E-state index is 0.241. The Hall–Kier alpha value is -0.890. The fraction of sp³-hybridized carbons (Fsp3) is 0.667. The van der Waals surface area contributed by atoms with Crippen molar-refractivity contribution >= 4 is 5.78 Å². The van der Waals surface area contributed by atoms with E-state index in [1.807, 2.05) is 0 Å². The lowest BCUT2D eigenvalue weighted by atomic mass is 10.0. The maximum absolute atomic E-state index is 11.5. The maximum Gasteiger partial charge on any atom is 0.158 e. The normalized spacial score (nSPS) is 15.4. The third-order valence-electron chi connectivity index (χ3n) is 2.92. The largest absolute Gasteiger partial charge is 0.373 e. The Labute approximate surface area is 105 Å². The molecule has 0 fully saturated rings. The van der Waals surface area contributed by atoms with Crippen LogP contribution in [-0.2, 0) is 9.53 Å². The van der Waals surface area contributed by atoms with Gasteiger partial charge in [-0.05, 0) is 12.8 Å². The predicted molar refractivity (Wildman–Crippen MR) is 71.0 cm³/mol. The first-order valence-corrected chi connectivity index (χ1v) is 6.75. The molecule has 2 nitrogen and oxygen atoms in total. The van der Waals surface area contributed by atoms with Gasteiger partial charge >= 0.3 is 0 Å². The smallest absolute Gasteiger partial charge is 0.158 e. The van der Waals surface area contributed by atoms with Crippen LogP contribution in [0.2, 0.25) is 0 Å². The monoisotopic (exact) mass is 236 g/mol. The van der Waals surface area contributed by atoms with Crippen LogP contribution < -0.4 is 0 Å². The molecule has 0 spiro atoms. The fourth-order valence-electron chi connectivity index (χ4n) is 1.89. The van der Waals surface area contributed by atoms with Crippen LogP contribution in [0, 0.1) is 5.92 Å². The molecule has 0 bridgehead atoms. The summed E-state index contributed by atoms with van der Waals surface area (Å²) in [5.41, 5.74) is 0. The van der Waals surface area contributed by atoms with E-state index in [0.717, 1.165) is 19.3 Å². The molecule has 1 aliphatic carbocycles. The first kappa shape index (κ1) is 14.2. The Bertz CT molecular complexity index is 254. The third kappa shape index (κ3) is 7.11. The van der Waals surface area contributed by atoms with E-state index in [2.05, 4.69) is 31.2 Å². The van der Waals surface area contributed by atoms with Crippen LogP contribution in [0.3, 0.4) is 0 Å². The predicted octanol–water partition coefficient (Wildman–Crippen LogP) is 3.67. The zero-order valence-electron chi connectivity index (χ0n) is 10.9. The van der Waals surface area contributed by atoms with Crippen LogP contribution in [0.15, 0.2) is 24.3 Å². The van der Waals surface area contributed by atoms with Crippen LogP contribution in [0.4, 0.5) is 0 Å². The van der Waals surface area contributed by atoms with Crippen molar-refractivity contribution in [2.75, 3.05) is 13.2 Å². The molecule has 0 aromatic carbocycles. The van der Waals surface area contributed by atoms with E-state index in [1.54, 1.807) is 0 Å². The number of rotatable bonds is 9. The Morgan fingerprint density at radius 2 is 2.00 bits per heavy atom. The summed E-state index contributed by atoms with van der Waals surface area (Å²) in [6, 6.07) is 0. The first-order chi connectivity index (χ1) is 8.33. The summed E-state index contributed by atoms with van der Waals surface area (Å²) < 4.78 is 5.44. The Balaban J connectivity index is 1.98. The minimum Gasteiger partial charge on any atom is -0.373 e. The molecule has 0 unspecified atom stereocenters. The Morgan fingerprint density at radius 3 is 2.71 bits per heavy atom. The molecule has 17 heavy (non-hydrogen) atoms. The summed E-state index contributed by atoms with van der Waals surface area (Å²) in [4.78, 5) is 11.5. The van der Waals surface area contributed by atoms with Crippen molar-refractivity contribution in [3.05, 3.63) is 24.3 Å². The van der Waals surface area contributed by atoms with Gasteiger partial charge in [-0.2, -0.15) is 0 Å². The number of ether oxygens (including phenoxy) is 1. The summed E-state index contributed by atoms with van der Waals surface area (Å²) in [6.07, 6.45) is 14.9. The summed E-state index contributed by atoms with van der Waals surface area (Å²) in [5, 5.41) is 0. The number of unbranched alkanes of at least 4 members (excludes halogenated alkanes) is 3. The molecule has 0 atom stereocenters. The van der Waals surface area contributed by atoms with Crippen LogP contribution in [0.5, 0.6) is 0 Å². The molecule has 2 heteroatoms. The van der Waals surface area contributed by atoms with E-state index in [9.17, 15) is 4.79 Å². The van der Waals surface area contributed by atoms with E-state index < -0.39 is 0 Å². The molecule has 1 aliphatic rings. The van der Waals surface area contributed by atoms with E-state index in [0.29, 0.717) is 18.9 Å². The number of carbonyl (C=O) groups excluding carboxylic acids is 1. The van der Waals surface area contributed by atoms with E-state index in [4.69, 9.17) is 4.74 Å². The average Bonchev–Trinajstić information content (AvgIpc) is 2.36. The second kappa shape index (κ2) is 9.17. The minimum atomic E-state index is 0.241. The molecule has 0 N–H and O–H groups in total. The molecule has 0 heterocycles. The maximum atomic E-state index is 11.5. The quantitative estimate of drug-likeness (QED) is 0.451. The van der Waals surface area contributed by atoms with E-state index in [1.165, 1.54) is 12.8 Å². The zero-order valence-corrected chi connectivity index (χ0v) is 10.9. The van der Waals surface area contributed by atoms with Crippen molar-refractivity contribution in [3.8, 4) is 0 Å². The van der Waals surface area contributed by atoms with Crippen molar-refractivity contribution in [1.82, 2.24) is 0 Å². The Kier molecular flexibility index (Phi) is 7.65. The van der Waals surface area contributed by atoms with Gasteiger partial charge in [-0.3, -0.25) is 4.79 Å². The van der Waals surface area contributed by atoms with Gasteiger partial charge in [0, 0.05) is 12.3 Å². The van der Waals surface area contributed by atoms with Crippen molar-refractivity contribution in [2.45, 2.75) is 45.4 Å². The number of ketones is 1. The van der Waals surface area contributed by atoms with Crippen LogP contribution in [0.25, 0.3) is 0 Å². The van der Waals surface area contributed by atoms with Gasteiger partial charge < -0.3 is 4.74 Å². The lowest BCUT2D eigenvalue weighted by Crippen LogP contribution is -2.13. The number of Topliss-reactive ketones (excluding diaryl/α,β-unsaturated/α-hetero) is 1. The summed E-state index contributed by atoms with van der Waals surface area (Å²) in [6.45, 7) is 3.09. The second-order valence-electron chi connectivity index (χ2n) is 4.62. The van der Waals surface area contributed by atoms with Crippen molar-refractivity contribution in [2.24, 2.45) is 5.92 Å². The van der Waals surface area contributed by atoms with Gasteiger partial charge in [0.05, 0.1) is 6.61 Å². The van der Waals surface area contributed by atoms with Gasteiger partial charge in [0.15, 0.2) is 5.78 Å². The summed E-state index contributed by atoms with van der Waals surface area (Å²) in [7, 11) is 0. The molecule has 0 aliphatic heterocycles. The highest BCUT2D eigenvalue weighted by molar-refractivity contribution is 5.79. The lowest BCUT2D eigenvalue weighted by molar-refractivity contribution is -0.123. The van der Waals surface area contributed by atoms with Crippen molar-refractivity contribution in [3.63, 3.8) is 0 Å². The number of hydrogen-bond donors (Lipinski definition) is 0. The first-order valence-electron chi connectivity index (χ1n) is 6.75. The van der Waals surface area contributed by atoms with Gasteiger partial charge in [0.25, 0.3) is 0 Å². The highest BCUT2D eigenvalue weighted by Crippen LogP contribution is 2.09. The number of hydrogen-bond acceptors (Lipinski definition) is 2. The van der Waals surface area contributed by atoms with Crippen LogP contribution in [0.1, 0.15) is 45.4 Å². The van der Waals surface area contributed by atoms with Crippen LogP contribution >= 0.6 is 0 Å². The van der Waals surface area contributed by atoms with Gasteiger partial charge in [-0.25, -0.2) is 0 Å². The molecule has 0 amide bonds. The standard InChI is InChI=1S/C15H24O2/c1-2-3-4-8-11-15(16)13-17-12-14-9-6-5-7-10-14/h6-7,9-10,14H,2-5,8,11-13H2,1H3. The Morgan fingerprint density at radius 1 is 1.24 bits per heavy atom. The highest BCUT2D eigenvalue weighted by Gasteiger charge is 2.06. The molecular weight excluding hydrogens is 212 g/mol. The van der Waals surface area contributed by atoms with Crippen molar-refractivity contribution < 1.29 is 9.53 Å². The highest BCUT2D eigenvalue weighted by atomic mass is 16.5. The molecule has 0 aromatic rings. The molecule has 96 valence electrons. The molecule has 0 saturated carbocycles. The fourth-order valence-corrected chi connectivity index (χ4v) is 1.89. The van der Waals surface area contributed by atoms with Crippen LogP contribution in [-0.4, -0.2) is 19.0 Å². The summed E-state index contributed by atoms with van der Waals surface area (Å²) >= 11 is 0. The number of carbonyl (C=O) groups is 1. The SMILES string of the molecule is CCCCCCC(=O)COCC1C=CCC=C1. The van der Waals surface area contributed by atoms with E-state index in [-0.39, 0.29) is 12.4 Å². The zero-order chi connectivity index (χ0) is 12.3. The third-order valence-corrected chi connectivity index (χ3v) is 2.92. The lowest BCUT2D eigenvalue weighted by Gasteiger charge is -2.11. The van der Waals surface area contributed by atoms with Gasteiger partial charge in [0.2, 0.25) is 0 Å². The van der Waals surface area contributed by atoms with Gasteiger partial charge in [0.1, 0.15) is 6.61 Å². The topological polar surface area (TPSA) is 26.3 Å². The molecular formula is C15H24O2. The molecule has 0 saturated heterocycles. The number of allylic oxidation sites excluding steroid dienone is 2. The van der Waals surface area contributed by atoms with Gasteiger partial charge in [-0.1, -0.05) is 50.5 Å². The van der Waals surface area contributed by atoms with Gasteiger partial charge in [-0.15, -0.1) is 0 Å². The second-order valence-corrected chi connectivity index (χ2v) is 4.62. The molecule has 0 radical (unpaired) electrons. The molecule has 0 aromatic heterocycles. The van der Waals surface area contributed by atoms with E-state index >= 15 is 0 Å². The van der Waals surface area contributed by atoms with Crippen molar-refractivity contribution in [1.29, 1.82) is 0 Å². The average molecular weight is 236 g/mol.